The van der Waals surface area contributed by atoms with E-state index in [-0.39, 0.29) is 59.8 Å². The second-order valence-electron chi connectivity index (χ2n) is 12.8. The summed E-state index contributed by atoms with van der Waals surface area (Å²) in [5.41, 5.74) is -3.83. The van der Waals surface area contributed by atoms with Gasteiger partial charge in [-0.3, -0.25) is 14.3 Å². The van der Waals surface area contributed by atoms with E-state index in [1.54, 1.807) is 0 Å². The fourth-order valence-electron chi connectivity index (χ4n) is 6.17. The lowest BCUT2D eigenvalue weighted by Crippen LogP contribution is -2.27. The lowest BCUT2D eigenvalue weighted by atomic mass is 9.79. The van der Waals surface area contributed by atoms with Crippen LogP contribution in [-0.4, -0.2) is 55.6 Å². The Morgan fingerprint density at radius 1 is 0.963 bits per heavy atom. The lowest BCUT2D eigenvalue weighted by Gasteiger charge is -2.29. The molecule has 0 unspecified atom stereocenters. The summed E-state index contributed by atoms with van der Waals surface area (Å²) in [5.74, 6) is -3.75. The minimum absolute atomic E-state index is 0.00301. The first-order chi connectivity index (χ1) is 25.2. The maximum atomic E-state index is 14.0. The number of anilines is 2. The molecule has 0 saturated heterocycles. The molecule has 54 heavy (non-hydrogen) atoms. The van der Waals surface area contributed by atoms with Gasteiger partial charge in [-0.1, -0.05) is 12.5 Å². The third kappa shape index (κ3) is 9.95. The van der Waals surface area contributed by atoms with Gasteiger partial charge in [0.1, 0.15) is 5.69 Å². The van der Waals surface area contributed by atoms with Gasteiger partial charge in [-0.05, 0) is 61.8 Å². The number of pyridine rings is 1. The van der Waals surface area contributed by atoms with Crippen LogP contribution < -0.4 is 15.4 Å². The van der Waals surface area contributed by atoms with Crippen molar-refractivity contribution in [1.82, 2.24) is 30.0 Å². The molecular weight excluding hydrogens is 751 g/mol. The van der Waals surface area contributed by atoms with Gasteiger partial charge in [-0.2, -0.15) is 54.6 Å². The number of Topliss-reactive ketones (excluding diaryl/α,β-unsaturated/α-hetero) is 1. The highest BCUT2D eigenvalue weighted by atomic mass is 19.4. The number of aromatic nitrogens is 5. The maximum absolute atomic E-state index is 14.0. The number of H-pyrrole nitrogens is 1. The Hall–Kier alpha value is -4.98. The van der Waals surface area contributed by atoms with Crippen LogP contribution in [0.1, 0.15) is 82.6 Å². The first-order valence-corrected chi connectivity index (χ1v) is 16.5. The summed E-state index contributed by atoms with van der Waals surface area (Å²) in [4.78, 5) is 36.6. The SMILES string of the molecule is Cn1nc(C(F)(F)F)cc1C(=O)NCc1ccc(C(F)(F)F)c(Nc2nc3nc(OCC(F)F)c(C(=O)CCCC4CCC(C(F)(F)F)CC4)cc3[nH]2)c1. The molecule has 0 radical (unpaired) electrons. The number of amides is 1. The number of aromatic amines is 1. The molecule has 3 aromatic heterocycles. The number of benzene rings is 1. The Balaban J connectivity index is 1.32. The number of aryl methyl sites for hydroxylation is 1. The molecule has 0 atom stereocenters. The highest BCUT2D eigenvalue weighted by Crippen LogP contribution is 2.41. The lowest BCUT2D eigenvalue weighted by molar-refractivity contribution is -0.184. The van der Waals surface area contributed by atoms with Crippen molar-refractivity contribution in [3.8, 4) is 5.88 Å². The molecule has 21 heteroatoms. The standard InChI is InChI=1S/C33H32F11N7O3/c1-51-23(13-25(50-51)33(42,43)44)28(53)45-14-17-7-10-20(32(39,40)41)21(11-17)46-30-47-22-12-19(29(48-27(22)49-30)54-15-26(34)35)24(52)4-2-3-16-5-8-18(9-6-16)31(36,37)38/h7,10-13,16,18,26H,2-6,8-9,14-15H2,1H3,(H,45,53)(H2,46,47,48,49). The van der Waals surface area contributed by atoms with E-state index in [0.717, 1.165) is 19.2 Å². The average molecular weight is 784 g/mol. The summed E-state index contributed by atoms with van der Waals surface area (Å²) in [6.45, 7) is -1.55. The van der Waals surface area contributed by atoms with Crippen LogP contribution in [0.5, 0.6) is 5.88 Å². The van der Waals surface area contributed by atoms with Gasteiger partial charge in [0.15, 0.2) is 23.7 Å². The number of rotatable bonds is 13. The molecule has 1 amide bonds. The molecule has 10 nitrogen and oxygen atoms in total. The van der Waals surface area contributed by atoms with E-state index in [4.69, 9.17) is 4.74 Å². The van der Waals surface area contributed by atoms with Crippen molar-refractivity contribution in [3.63, 3.8) is 0 Å². The molecule has 0 aliphatic heterocycles. The number of carbonyl (C=O) groups is 2. The van der Waals surface area contributed by atoms with Crippen LogP contribution in [0.2, 0.25) is 0 Å². The zero-order valence-corrected chi connectivity index (χ0v) is 28.2. The third-order valence-corrected chi connectivity index (χ3v) is 8.91. The molecule has 4 aromatic rings. The quantitative estimate of drug-likeness (QED) is 0.0915. The van der Waals surface area contributed by atoms with Gasteiger partial charge in [0, 0.05) is 26.1 Å². The number of fused-ring (bicyclic) bond motifs is 1. The molecule has 0 bridgehead atoms. The molecule has 1 aliphatic carbocycles. The average Bonchev–Trinajstić information content (AvgIpc) is 3.67. The number of imidazole rings is 1. The molecule has 294 valence electrons. The van der Waals surface area contributed by atoms with Crippen molar-refractivity contribution < 1.29 is 62.6 Å². The van der Waals surface area contributed by atoms with Crippen LogP contribution in [-0.2, 0) is 25.9 Å². The van der Waals surface area contributed by atoms with Gasteiger partial charge in [0.25, 0.3) is 12.3 Å². The van der Waals surface area contributed by atoms with Crippen LogP contribution in [0.15, 0.2) is 30.3 Å². The number of nitrogens with zero attached hydrogens (tertiary/aromatic N) is 4. The van der Waals surface area contributed by atoms with Crippen LogP contribution in [0.4, 0.5) is 59.9 Å². The van der Waals surface area contributed by atoms with E-state index in [9.17, 15) is 57.9 Å². The van der Waals surface area contributed by atoms with Crippen LogP contribution in [0, 0.1) is 11.8 Å². The topological polar surface area (TPSA) is 127 Å². The number of ether oxygens (including phenoxy) is 1. The van der Waals surface area contributed by atoms with Crippen molar-refractivity contribution in [2.24, 2.45) is 18.9 Å². The smallest absolute Gasteiger partial charge is 0.435 e. The minimum Gasteiger partial charge on any atom is -0.471 e. The fourth-order valence-corrected chi connectivity index (χ4v) is 6.17. The van der Waals surface area contributed by atoms with Crippen molar-refractivity contribution >= 4 is 34.5 Å². The number of alkyl halides is 11. The number of hydrogen-bond acceptors (Lipinski definition) is 7. The van der Waals surface area contributed by atoms with Gasteiger partial charge in [-0.15, -0.1) is 0 Å². The number of halogens is 11. The summed E-state index contributed by atoms with van der Waals surface area (Å²) < 4.78 is 152. The maximum Gasteiger partial charge on any atom is 0.435 e. The number of nitrogens with one attached hydrogen (secondary N) is 3. The van der Waals surface area contributed by atoms with E-state index >= 15 is 0 Å². The molecule has 3 heterocycles. The largest absolute Gasteiger partial charge is 0.471 e. The molecular formula is C33H32F11N7O3. The van der Waals surface area contributed by atoms with E-state index in [1.807, 2.05) is 0 Å². The van der Waals surface area contributed by atoms with Gasteiger partial charge >= 0.3 is 18.5 Å². The van der Waals surface area contributed by atoms with E-state index < -0.39 is 84.2 Å². The number of carbonyl (C=O) groups excluding carboxylic acids is 2. The third-order valence-electron chi connectivity index (χ3n) is 8.91. The van der Waals surface area contributed by atoms with Crippen LogP contribution in [0.3, 0.4) is 0 Å². The summed E-state index contributed by atoms with van der Waals surface area (Å²) >= 11 is 0. The highest BCUT2D eigenvalue weighted by molar-refractivity contribution is 6.00. The Morgan fingerprint density at radius 3 is 2.28 bits per heavy atom. The van der Waals surface area contributed by atoms with Gasteiger partial charge < -0.3 is 20.4 Å². The molecule has 0 spiro atoms. The minimum atomic E-state index is -4.90. The second kappa shape index (κ2) is 15.8. The first-order valence-electron chi connectivity index (χ1n) is 16.5. The molecule has 1 fully saturated rings. The summed E-state index contributed by atoms with van der Waals surface area (Å²) in [6.07, 6.45) is -15.6. The Bertz CT molecular complexity index is 1960. The summed E-state index contributed by atoms with van der Waals surface area (Å²) in [7, 11) is 1.11. The van der Waals surface area contributed by atoms with Crippen LogP contribution >= 0.6 is 0 Å². The molecule has 1 saturated carbocycles. The normalized spacial score (nSPS) is 16.9. The van der Waals surface area contributed by atoms with E-state index in [2.05, 4.69) is 30.7 Å². The molecule has 1 aromatic carbocycles. The van der Waals surface area contributed by atoms with Gasteiger partial charge in [0.05, 0.1) is 28.2 Å². The highest BCUT2D eigenvalue weighted by Gasteiger charge is 2.41. The summed E-state index contributed by atoms with van der Waals surface area (Å²) in [5, 5.41) is 8.03. The van der Waals surface area contributed by atoms with Crippen LogP contribution in [0.25, 0.3) is 11.2 Å². The Morgan fingerprint density at radius 2 is 1.67 bits per heavy atom. The Labute approximate surface area is 298 Å². The van der Waals surface area contributed by atoms with Crippen molar-refractivity contribution in [2.45, 2.75) is 76.4 Å². The predicted molar refractivity (Wildman–Crippen MR) is 169 cm³/mol. The molecule has 1 aliphatic rings. The fraction of sp³-hybridized carbons (Fsp3) is 0.485. The van der Waals surface area contributed by atoms with Gasteiger partial charge in [0.2, 0.25) is 11.8 Å². The molecule has 3 N–H and O–H groups in total. The van der Waals surface area contributed by atoms with E-state index in [1.165, 1.54) is 6.07 Å². The van der Waals surface area contributed by atoms with Crippen molar-refractivity contribution in [3.05, 3.63) is 58.4 Å². The predicted octanol–water partition coefficient (Wildman–Crippen LogP) is 8.77. The van der Waals surface area contributed by atoms with E-state index in [0.29, 0.717) is 36.1 Å². The molecule has 5 rings (SSSR count). The number of ketones is 1. The van der Waals surface area contributed by atoms with Crippen molar-refractivity contribution in [1.29, 1.82) is 0 Å². The number of hydrogen-bond donors (Lipinski definition) is 3. The monoisotopic (exact) mass is 783 g/mol. The second-order valence-corrected chi connectivity index (χ2v) is 12.8. The zero-order valence-electron chi connectivity index (χ0n) is 28.2. The Kier molecular flexibility index (Phi) is 11.8. The van der Waals surface area contributed by atoms with Crippen molar-refractivity contribution in [2.75, 3.05) is 11.9 Å². The zero-order chi connectivity index (χ0) is 39.6. The first kappa shape index (κ1) is 40.2. The van der Waals surface area contributed by atoms with Gasteiger partial charge in [-0.25, -0.2) is 8.78 Å². The summed E-state index contributed by atoms with van der Waals surface area (Å²) in [6, 6.07) is 4.46.